The van der Waals surface area contributed by atoms with Crippen LogP contribution >= 0.6 is 0 Å². The van der Waals surface area contributed by atoms with Gasteiger partial charge in [-0.15, -0.1) is 0 Å². The first kappa shape index (κ1) is 21.3. The number of hydrogen-bond acceptors (Lipinski definition) is 0. The lowest BCUT2D eigenvalue weighted by Crippen LogP contribution is -2.42. The molecule has 0 amide bonds. The van der Waals surface area contributed by atoms with E-state index in [1.165, 1.54) is 55.0 Å². The quantitative estimate of drug-likeness (QED) is 0.597. The molecule has 3 rings (SSSR count). The molecule has 1 atom stereocenters. The second-order valence-electron chi connectivity index (χ2n) is 8.27. The minimum absolute atomic E-state index is 0.942. The average Bonchev–Trinajstić information content (AvgIpc) is 3.10. The van der Waals surface area contributed by atoms with Crippen molar-refractivity contribution in [2.45, 2.75) is 54.5 Å². The predicted molar refractivity (Wildman–Crippen MR) is 135 cm³/mol. The lowest BCUT2D eigenvalue weighted by atomic mass is 9.91. The van der Waals surface area contributed by atoms with E-state index in [9.17, 15) is 0 Å². The van der Waals surface area contributed by atoms with E-state index in [0.29, 0.717) is 0 Å². The van der Waals surface area contributed by atoms with Crippen LogP contribution < -0.4 is 15.6 Å². The topological polar surface area (TPSA) is 0 Å². The summed E-state index contributed by atoms with van der Waals surface area (Å²) in [6.07, 6.45) is 14.3. The summed E-state index contributed by atoms with van der Waals surface area (Å²) < 4.78 is 0. The molecule has 1 unspecified atom stereocenters. The standard InChI is InChI=1S/C28H34Si/c1-10-13-22-16-24(18(5)17(22)4)27-21(8)26-20(7)25(15-12-3)29(9)28(26)19(6)23(27)14-11-2/h10-15,29H,5,8,16H2,1-4,6-7,9H3/b13-10-,14-11-,15-12-,27-24+. The second-order valence-corrected chi connectivity index (χ2v) is 10.9. The highest BCUT2D eigenvalue weighted by Crippen LogP contribution is 2.36. The fraction of sp³-hybridized carbons (Fsp3) is 0.286. The third-order valence-electron chi connectivity index (χ3n) is 6.67. The van der Waals surface area contributed by atoms with E-state index in [4.69, 9.17) is 0 Å². The Kier molecular flexibility index (Phi) is 6.00. The fourth-order valence-corrected chi connectivity index (χ4v) is 8.42. The maximum absolute atomic E-state index is 4.66. The summed E-state index contributed by atoms with van der Waals surface area (Å²) in [7, 11) is -1.20. The third kappa shape index (κ3) is 3.22. The van der Waals surface area contributed by atoms with Crippen LogP contribution in [0, 0.1) is 6.92 Å². The Labute approximate surface area is 178 Å². The van der Waals surface area contributed by atoms with E-state index in [1.54, 1.807) is 10.4 Å². The van der Waals surface area contributed by atoms with Gasteiger partial charge in [0.05, 0.1) is 0 Å². The van der Waals surface area contributed by atoms with Gasteiger partial charge >= 0.3 is 0 Å². The molecule has 2 aliphatic rings. The van der Waals surface area contributed by atoms with Gasteiger partial charge in [0, 0.05) is 0 Å². The van der Waals surface area contributed by atoms with Gasteiger partial charge in [-0.3, -0.25) is 0 Å². The molecule has 0 radical (unpaired) electrons. The summed E-state index contributed by atoms with van der Waals surface area (Å²) in [5.74, 6) is 0. The van der Waals surface area contributed by atoms with Crippen LogP contribution in [0.5, 0.6) is 0 Å². The largest absolute Gasteiger partial charge is 0.101 e. The van der Waals surface area contributed by atoms with Gasteiger partial charge in [0.25, 0.3) is 0 Å². The van der Waals surface area contributed by atoms with Crippen molar-refractivity contribution in [1.82, 2.24) is 0 Å². The molecule has 0 saturated heterocycles. The maximum atomic E-state index is 4.66. The molecule has 1 aliphatic heterocycles. The minimum Gasteiger partial charge on any atom is -0.0912 e. The van der Waals surface area contributed by atoms with E-state index in [2.05, 4.69) is 97.7 Å². The Bertz CT molecular complexity index is 1160. The maximum Gasteiger partial charge on any atom is 0.101 e. The summed E-state index contributed by atoms with van der Waals surface area (Å²) in [5.41, 5.74) is 10.8. The summed E-state index contributed by atoms with van der Waals surface area (Å²) >= 11 is 0. The van der Waals surface area contributed by atoms with Gasteiger partial charge in [-0.05, 0) is 108 Å². The number of fused-ring (bicyclic) bond motifs is 1. The Hall–Kier alpha value is -2.38. The molecule has 0 fully saturated rings. The van der Waals surface area contributed by atoms with Gasteiger partial charge in [0.15, 0.2) is 0 Å². The first-order chi connectivity index (χ1) is 13.8. The zero-order chi connectivity index (χ0) is 21.5. The van der Waals surface area contributed by atoms with Crippen molar-refractivity contribution in [3.63, 3.8) is 0 Å². The van der Waals surface area contributed by atoms with Gasteiger partial charge < -0.3 is 0 Å². The van der Waals surface area contributed by atoms with Crippen molar-refractivity contribution in [1.29, 1.82) is 0 Å². The number of benzene rings is 1. The van der Waals surface area contributed by atoms with Gasteiger partial charge in [0.1, 0.15) is 8.80 Å². The highest BCUT2D eigenvalue weighted by atomic mass is 28.3. The van der Waals surface area contributed by atoms with Crippen LogP contribution in [0.1, 0.15) is 57.7 Å². The number of hydrogen-bond donors (Lipinski definition) is 0. The first-order valence-corrected chi connectivity index (χ1v) is 13.0. The van der Waals surface area contributed by atoms with E-state index in [1.807, 2.05) is 0 Å². The highest BCUT2D eigenvalue weighted by Gasteiger charge is 2.30. The smallest absolute Gasteiger partial charge is 0.0912 e. The molecule has 29 heavy (non-hydrogen) atoms. The number of rotatable bonds is 3. The monoisotopic (exact) mass is 398 g/mol. The number of allylic oxidation sites excluding steroid dienone is 10. The van der Waals surface area contributed by atoms with Crippen LogP contribution in [0.15, 0.2) is 58.9 Å². The SMILES string of the molecule is C=C1C(C)=C(/C=C\C)C/C1=c1\c(/C=C\C)c(C)c2c(c1=C)C(C)=C(/C=C\C)[SiH]2C. The highest BCUT2D eigenvalue weighted by molar-refractivity contribution is 6.83. The molecule has 0 N–H and O–H groups in total. The molecule has 0 nitrogen and oxygen atoms in total. The van der Waals surface area contributed by atoms with Gasteiger partial charge in [-0.25, -0.2) is 0 Å². The van der Waals surface area contributed by atoms with Crippen LogP contribution in [-0.2, 0) is 0 Å². The van der Waals surface area contributed by atoms with Gasteiger partial charge in [-0.1, -0.05) is 61.4 Å². The molecule has 1 heterocycles. The van der Waals surface area contributed by atoms with Crippen molar-refractivity contribution in [3.8, 4) is 0 Å². The third-order valence-corrected chi connectivity index (χ3v) is 9.82. The lowest BCUT2D eigenvalue weighted by molar-refractivity contribution is 1.29. The molecule has 0 aromatic heterocycles. The van der Waals surface area contributed by atoms with Crippen LogP contribution in [-0.4, -0.2) is 8.80 Å². The van der Waals surface area contributed by atoms with Crippen LogP contribution in [0.2, 0.25) is 6.55 Å². The first-order valence-electron chi connectivity index (χ1n) is 10.7. The lowest BCUT2D eigenvalue weighted by Gasteiger charge is -2.17. The van der Waals surface area contributed by atoms with E-state index in [0.717, 1.165) is 6.42 Å². The summed E-state index contributed by atoms with van der Waals surface area (Å²) in [6, 6.07) is 0. The van der Waals surface area contributed by atoms with Crippen molar-refractivity contribution in [2.75, 3.05) is 0 Å². The van der Waals surface area contributed by atoms with Crippen LogP contribution in [0.4, 0.5) is 0 Å². The van der Waals surface area contributed by atoms with Crippen molar-refractivity contribution in [2.24, 2.45) is 0 Å². The molecule has 0 saturated carbocycles. The van der Waals surface area contributed by atoms with Crippen molar-refractivity contribution >= 4 is 37.8 Å². The summed E-state index contributed by atoms with van der Waals surface area (Å²) in [5, 5.41) is 5.64. The molecule has 1 aromatic carbocycles. The zero-order valence-corrected chi connectivity index (χ0v) is 20.3. The molecular formula is C28H34Si. The Morgan fingerprint density at radius 1 is 0.862 bits per heavy atom. The van der Waals surface area contributed by atoms with Gasteiger partial charge in [0.2, 0.25) is 0 Å². The van der Waals surface area contributed by atoms with Crippen LogP contribution in [0.3, 0.4) is 0 Å². The van der Waals surface area contributed by atoms with E-state index < -0.39 is 8.80 Å². The zero-order valence-electron chi connectivity index (χ0n) is 19.2. The van der Waals surface area contributed by atoms with E-state index in [-0.39, 0.29) is 0 Å². The fourth-order valence-electron chi connectivity index (χ4n) is 5.21. The predicted octanol–water partition coefficient (Wildman–Crippen LogP) is 5.41. The molecule has 0 bridgehead atoms. The van der Waals surface area contributed by atoms with E-state index >= 15 is 0 Å². The summed E-state index contributed by atoms with van der Waals surface area (Å²) in [6.45, 7) is 24.7. The molecule has 1 heteroatoms. The average molecular weight is 399 g/mol. The summed E-state index contributed by atoms with van der Waals surface area (Å²) in [4.78, 5) is 0. The normalized spacial score (nSPS) is 21.8. The molecule has 150 valence electrons. The van der Waals surface area contributed by atoms with Crippen molar-refractivity contribution < 1.29 is 0 Å². The Morgan fingerprint density at radius 2 is 1.48 bits per heavy atom. The molecule has 1 aromatic rings. The van der Waals surface area contributed by atoms with Crippen molar-refractivity contribution in [3.05, 3.63) is 86.0 Å². The molecule has 0 spiro atoms. The minimum atomic E-state index is -1.20. The second kappa shape index (κ2) is 8.16. The van der Waals surface area contributed by atoms with Crippen LogP contribution in [0.25, 0.3) is 23.8 Å². The van der Waals surface area contributed by atoms with Gasteiger partial charge in [-0.2, -0.15) is 0 Å². The Balaban J connectivity index is 2.48. The Morgan fingerprint density at radius 3 is 2.07 bits per heavy atom. The molecular weight excluding hydrogens is 364 g/mol. The molecule has 1 aliphatic carbocycles.